The van der Waals surface area contributed by atoms with Gasteiger partial charge in [-0.05, 0) is 31.0 Å². The Morgan fingerprint density at radius 1 is 1.00 bits per heavy atom. The van der Waals surface area contributed by atoms with E-state index in [-0.39, 0.29) is 29.6 Å². The zero-order valence-corrected chi connectivity index (χ0v) is 17.7. The largest absolute Gasteiger partial charge is 0.482 e. The summed E-state index contributed by atoms with van der Waals surface area (Å²) in [6.07, 6.45) is 1.34. The summed E-state index contributed by atoms with van der Waals surface area (Å²) in [6.45, 7) is 0.929. The number of amides is 3. The lowest BCUT2D eigenvalue weighted by molar-refractivity contribution is -0.124. The van der Waals surface area contributed by atoms with Crippen molar-refractivity contribution in [3.05, 3.63) is 57.5 Å². The second-order valence-corrected chi connectivity index (χ2v) is 7.83. The Bertz CT molecular complexity index is 872. The van der Waals surface area contributed by atoms with Crippen molar-refractivity contribution in [3.63, 3.8) is 0 Å². The molecule has 2 N–H and O–H groups in total. The Morgan fingerprint density at radius 2 is 1.66 bits per heavy atom. The highest BCUT2D eigenvalue weighted by Crippen LogP contribution is 2.33. The average molecular weight is 457 g/mol. The van der Waals surface area contributed by atoms with E-state index >= 15 is 0 Å². The van der Waals surface area contributed by atoms with Crippen LogP contribution in [0.5, 0.6) is 5.75 Å². The highest BCUT2D eigenvalue weighted by Gasteiger charge is 2.24. The molecule has 0 aromatic heterocycles. The van der Waals surface area contributed by atoms with Gasteiger partial charge < -0.3 is 20.3 Å². The first-order valence-corrected chi connectivity index (χ1v) is 10.2. The van der Waals surface area contributed by atoms with E-state index in [1.807, 2.05) is 30.3 Å². The Hall–Kier alpha value is -2.15. The SMILES string of the molecule is O=C(COc1cc(Cl)c(Cl)cc1Cl)NC1CCN(C(=O)Nc2ccccc2)CC1. The first-order chi connectivity index (χ1) is 13.9. The van der Waals surface area contributed by atoms with Gasteiger partial charge in [-0.15, -0.1) is 0 Å². The van der Waals surface area contributed by atoms with E-state index in [0.29, 0.717) is 41.7 Å². The number of benzene rings is 2. The number of ether oxygens (including phenoxy) is 1. The summed E-state index contributed by atoms with van der Waals surface area (Å²) in [5.41, 5.74) is 0.756. The molecule has 6 nitrogen and oxygen atoms in total. The highest BCUT2D eigenvalue weighted by molar-refractivity contribution is 6.43. The first-order valence-electron chi connectivity index (χ1n) is 9.10. The van der Waals surface area contributed by atoms with E-state index in [0.717, 1.165) is 5.69 Å². The Labute approximate surface area is 184 Å². The number of halogens is 3. The molecule has 9 heteroatoms. The summed E-state index contributed by atoms with van der Waals surface area (Å²) < 4.78 is 5.44. The highest BCUT2D eigenvalue weighted by atomic mass is 35.5. The van der Waals surface area contributed by atoms with E-state index in [2.05, 4.69) is 10.6 Å². The minimum atomic E-state index is -0.265. The van der Waals surface area contributed by atoms with Crippen LogP contribution >= 0.6 is 34.8 Å². The molecule has 3 rings (SSSR count). The van der Waals surface area contributed by atoms with Gasteiger partial charge in [0.2, 0.25) is 0 Å². The van der Waals surface area contributed by atoms with Crippen LogP contribution in [-0.2, 0) is 4.79 Å². The van der Waals surface area contributed by atoms with E-state index in [9.17, 15) is 9.59 Å². The van der Waals surface area contributed by atoms with E-state index < -0.39 is 0 Å². The van der Waals surface area contributed by atoms with Gasteiger partial charge in [-0.25, -0.2) is 4.79 Å². The second kappa shape index (κ2) is 10.1. The molecule has 1 aliphatic heterocycles. The molecule has 2 aromatic rings. The van der Waals surface area contributed by atoms with Gasteiger partial charge in [-0.1, -0.05) is 53.0 Å². The number of carbonyl (C=O) groups is 2. The number of rotatable bonds is 5. The van der Waals surface area contributed by atoms with Crippen LogP contribution in [0.1, 0.15) is 12.8 Å². The fourth-order valence-corrected chi connectivity index (χ4v) is 3.57. The Balaban J connectivity index is 1.41. The topological polar surface area (TPSA) is 70.7 Å². The predicted octanol–water partition coefficient (Wildman–Crippen LogP) is 4.84. The van der Waals surface area contributed by atoms with Gasteiger partial charge in [0, 0.05) is 30.9 Å². The standard InChI is InChI=1S/C20H20Cl3N3O3/c21-15-10-17(23)18(11-16(15)22)29-12-19(27)24-14-6-8-26(9-7-14)20(28)25-13-4-2-1-3-5-13/h1-5,10-11,14H,6-9,12H2,(H,24,27)(H,25,28). The van der Waals surface area contributed by atoms with Crippen molar-refractivity contribution >= 4 is 52.4 Å². The zero-order chi connectivity index (χ0) is 20.8. The number of anilines is 1. The van der Waals surface area contributed by atoms with Gasteiger partial charge in [0.05, 0.1) is 15.1 Å². The number of urea groups is 1. The van der Waals surface area contributed by atoms with Crippen molar-refractivity contribution in [1.29, 1.82) is 0 Å². The van der Waals surface area contributed by atoms with Gasteiger partial charge in [-0.2, -0.15) is 0 Å². The monoisotopic (exact) mass is 455 g/mol. The molecule has 0 spiro atoms. The average Bonchev–Trinajstić information content (AvgIpc) is 2.71. The van der Waals surface area contributed by atoms with Crippen molar-refractivity contribution < 1.29 is 14.3 Å². The van der Waals surface area contributed by atoms with Gasteiger partial charge in [0.1, 0.15) is 5.75 Å². The molecule has 2 aromatic carbocycles. The number of hydrogen-bond acceptors (Lipinski definition) is 3. The van der Waals surface area contributed by atoms with Crippen molar-refractivity contribution in [2.75, 3.05) is 25.0 Å². The summed E-state index contributed by atoms with van der Waals surface area (Å²) in [5, 5.41) is 6.68. The number of nitrogens with one attached hydrogen (secondary N) is 2. The van der Waals surface area contributed by atoms with E-state index in [4.69, 9.17) is 39.5 Å². The third kappa shape index (κ3) is 6.16. The molecule has 0 aliphatic carbocycles. The Morgan fingerprint density at radius 3 is 2.34 bits per heavy atom. The predicted molar refractivity (Wildman–Crippen MR) is 115 cm³/mol. The van der Waals surface area contributed by atoms with Crippen molar-refractivity contribution in [3.8, 4) is 5.75 Å². The molecule has 0 bridgehead atoms. The molecule has 1 heterocycles. The maximum absolute atomic E-state index is 12.3. The molecule has 1 aliphatic rings. The van der Waals surface area contributed by atoms with Crippen LogP contribution in [0.25, 0.3) is 0 Å². The van der Waals surface area contributed by atoms with Crippen LogP contribution in [0.4, 0.5) is 10.5 Å². The lowest BCUT2D eigenvalue weighted by Crippen LogP contribution is -2.48. The van der Waals surface area contributed by atoms with Crippen LogP contribution in [0, 0.1) is 0 Å². The summed E-state index contributed by atoms with van der Waals surface area (Å²) in [5.74, 6) is 0.0305. The molecule has 0 radical (unpaired) electrons. The van der Waals surface area contributed by atoms with Gasteiger partial charge in [0.25, 0.3) is 5.91 Å². The maximum Gasteiger partial charge on any atom is 0.321 e. The van der Waals surface area contributed by atoms with Gasteiger partial charge in [-0.3, -0.25) is 4.79 Å². The number of hydrogen-bond donors (Lipinski definition) is 2. The fourth-order valence-electron chi connectivity index (χ4n) is 2.98. The molecule has 29 heavy (non-hydrogen) atoms. The molecular weight excluding hydrogens is 437 g/mol. The zero-order valence-electron chi connectivity index (χ0n) is 15.5. The quantitative estimate of drug-likeness (QED) is 0.633. The Kier molecular flexibility index (Phi) is 7.47. The smallest absolute Gasteiger partial charge is 0.321 e. The minimum absolute atomic E-state index is 0.0175. The molecule has 154 valence electrons. The number of carbonyl (C=O) groups excluding carboxylic acids is 2. The molecular formula is C20H20Cl3N3O3. The third-order valence-electron chi connectivity index (χ3n) is 4.51. The van der Waals surface area contributed by atoms with Crippen molar-refractivity contribution in [2.24, 2.45) is 0 Å². The van der Waals surface area contributed by atoms with E-state index in [1.165, 1.54) is 12.1 Å². The summed E-state index contributed by atoms with van der Waals surface area (Å²) >= 11 is 17.8. The number of para-hydroxylation sites is 1. The van der Waals surface area contributed by atoms with Crippen LogP contribution in [0.3, 0.4) is 0 Å². The molecule has 1 fully saturated rings. The molecule has 1 saturated heterocycles. The summed E-state index contributed by atoms with van der Waals surface area (Å²) in [7, 11) is 0. The van der Waals surface area contributed by atoms with Crippen LogP contribution in [0.2, 0.25) is 15.1 Å². The normalized spacial score (nSPS) is 14.4. The van der Waals surface area contributed by atoms with E-state index in [1.54, 1.807) is 4.90 Å². The molecule has 0 unspecified atom stereocenters. The van der Waals surface area contributed by atoms with Crippen LogP contribution in [-0.4, -0.2) is 42.6 Å². The third-order valence-corrected chi connectivity index (χ3v) is 5.52. The second-order valence-electron chi connectivity index (χ2n) is 6.61. The van der Waals surface area contributed by atoms with Crippen LogP contribution in [0.15, 0.2) is 42.5 Å². The fraction of sp³-hybridized carbons (Fsp3) is 0.300. The van der Waals surface area contributed by atoms with Crippen molar-refractivity contribution in [2.45, 2.75) is 18.9 Å². The molecule has 0 saturated carbocycles. The molecule has 0 atom stereocenters. The summed E-state index contributed by atoms with van der Waals surface area (Å²) in [6, 6.07) is 12.1. The first kappa shape index (κ1) is 21.6. The number of piperidine rings is 1. The van der Waals surface area contributed by atoms with Crippen molar-refractivity contribution in [1.82, 2.24) is 10.2 Å². The minimum Gasteiger partial charge on any atom is -0.482 e. The number of likely N-dealkylation sites (tertiary alicyclic amines) is 1. The summed E-state index contributed by atoms with van der Waals surface area (Å²) in [4.78, 5) is 26.2. The van der Waals surface area contributed by atoms with Gasteiger partial charge in [0.15, 0.2) is 6.61 Å². The lowest BCUT2D eigenvalue weighted by Gasteiger charge is -2.32. The number of nitrogens with zero attached hydrogens (tertiary/aromatic N) is 1. The van der Waals surface area contributed by atoms with Gasteiger partial charge >= 0.3 is 6.03 Å². The maximum atomic E-state index is 12.3. The lowest BCUT2D eigenvalue weighted by atomic mass is 10.1. The molecule has 3 amide bonds. The van der Waals surface area contributed by atoms with Crippen LogP contribution < -0.4 is 15.4 Å².